The number of hydrogen-bond acceptors (Lipinski definition) is 3. The Balaban J connectivity index is 2.52. The lowest BCUT2D eigenvalue weighted by Crippen LogP contribution is -1.98. The van der Waals surface area contributed by atoms with E-state index in [1.54, 1.807) is 6.20 Å². The summed E-state index contributed by atoms with van der Waals surface area (Å²) in [6, 6.07) is 3.64. The summed E-state index contributed by atoms with van der Waals surface area (Å²) in [6.07, 6.45) is 1.75. The molecule has 0 fully saturated rings. The van der Waals surface area contributed by atoms with Crippen LogP contribution in [0.4, 0.5) is 0 Å². The number of aromatic amines is 1. The molecule has 0 spiro atoms. The van der Waals surface area contributed by atoms with Crippen LogP contribution in [0, 0.1) is 0 Å². The van der Waals surface area contributed by atoms with Crippen molar-refractivity contribution in [2.45, 2.75) is 0 Å². The molecule has 4 nitrogen and oxygen atoms in total. The van der Waals surface area contributed by atoms with Gasteiger partial charge in [0.15, 0.2) is 5.69 Å². The van der Waals surface area contributed by atoms with Crippen LogP contribution < -0.4 is 0 Å². The number of thiazole rings is 1. The highest BCUT2D eigenvalue weighted by Crippen LogP contribution is 2.25. The molecule has 2 rings (SSSR count). The van der Waals surface area contributed by atoms with E-state index in [1.165, 1.54) is 16.8 Å². The molecule has 66 valence electrons. The quantitative estimate of drug-likeness (QED) is 0.766. The Morgan fingerprint density at radius 3 is 3.08 bits per heavy atom. The van der Waals surface area contributed by atoms with E-state index < -0.39 is 5.97 Å². The Hall–Kier alpha value is -1.62. The molecule has 5 heteroatoms. The molecule has 0 radical (unpaired) electrons. The fraction of sp³-hybridized carbons (Fsp3) is 0. The molecule has 0 saturated heterocycles. The standard InChI is InChI=1S/C8H6N2O2S/c11-8(12)6-7(13-4-10-6)5-2-1-3-9-5/h1-4,9H,(H,11,12). The summed E-state index contributed by atoms with van der Waals surface area (Å²) in [4.78, 5) is 18.1. The second kappa shape index (κ2) is 3.02. The Bertz CT molecular complexity index is 419. The van der Waals surface area contributed by atoms with Crippen molar-refractivity contribution < 1.29 is 9.90 Å². The number of aromatic carboxylic acids is 1. The number of carbonyl (C=O) groups is 1. The van der Waals surface area contributed by atoms with E-state index in [0.29, 0.717) is 4.88 Å². The first-order valence-corrected chi connectivity index (χ1v) is 4.47. The average molecular weight is 194 g/mol. The maximum absolute atomic E-state index is 10.7. The molecular weight excluding hydrogens is 188 g/mol. The fourth-order valence-corrected chi connectivity index (χ4v) is 1.83. The molecular formula is C8H6N2O2S. The molecule has 2 aromatic rings. The highest BCUT2D eigenvalue weighted by Gasteiger charge is 2.14. The van der Waals surface area contributed by atoms with Crippen molar-refractivity contribution in [2.24, 2.45) is 0 Å². The van der Waals surface area contributed by atoms with Crippen molar-refractivity contribution in [2.75, 3.05) is 0 Å². The highest BCUT2D eigenvalue weighted by atomic mass is 32.1. The minimum atomic E-state index is -0.995. The molecule has 0 unspecified atom stereocenters. The van der Waals surface area contributed by atoms with Crippen molar-refractivity contribution in [1.29, 1.82) is 0 Å². The molecule has 2 heterocycles. The largest absolute Gasteiger partial charge is 0.476 e. The third kappa shape index (κ3) is 1.33. The average Bonchev–Trinajstić information content (AvgIpc) is 2.74. The summed E-state index contributed by atoms with van der Waals surface area (Å²) in [5, 5.41) is 8.78. The maximum Gasteiger partial charge on any atom is 0.356 e. The van der Waals surface area contributed by atoms with Gasteiger partial charge in [-0.3, -0.25) is 0 Å². The summed E-state index contributed by atoms with van der Waals surface area (Å²) in [5.41, 5.74) is 2.42. The third-order valence-corrected chi connectivity index (χ3v) is 2.47. The minimum absolute atomic E-state index is 0.104. The Labute approximate surface area is 77.9 Å². The molecule has 0 bridgehead atoms. The van der Waals surface area contributed by atoms with Crippen molar-refractivity contribution in [3.63, 3.8) is 0 Å². The van der Waals surface area contributed by atoms with Crippen LogP contribution in [0.3, 0.4) is 0 Å². The number of nitrogens with zero attached hydrogens (tertiary/aromatic N) is 1. The first-order valence-electron chi connectivity index (χ1n) is 3.59. The predicted octanol–water partition coefficient (Wildman–Crippen LogP) is 1.84. The van der Waals surface area contributed by atoms with Gasteiger partial charge in [-0.15, -0.1) is 11.3 Å². The van der Waals surface area contributed by atoms with Gasteiger partial charge in [-0.25, -0.2) is 9.78 Å². The zero-order valence-electron chi connectivity index (χ0n) is 6.52. The van der Waals surface area contributed by atoms with E-state index in [9.17, 15) is 4.79 Å². The monoisotopic (exact) mass is 194 g/mol. The second-order valence-electron chi connectivity index (χ2n) is 2.42. The van der Waals surface area contributed by atoms with Crippen molar-refractivity contribution in [1.82, 2.24) is 9.97 Å². The summed E-state index contributed by atoms with van der Waals surface area (Å²) >= 11 is 1.31. The lowest BCUT2D eigenvalue weighted by Gasteiger charge is -1.93. The van der Waals surface area contributed by atoms with Crippen LogP contribution in [-0.2, 0) is 0 Å². The summed E-state index contributed by atoms with van der Waals surface area (Å²) in [7, 11) is 0. The van der Waals surface area contributed by atoms with Gasteiger partial charge in [0.25, 0.3) is 0 Å². The number of hydrogen-bond donors (Lipinski definition) is 2. The molecule has 0 saturated carbocycles. The van der Waals surface area contributed by atoms with Crippen LogP contribution in [0.15, 0.2) is 23.8 Å². The maximum atomic E-state index is 10.7. The number of rotatable bonds is 2. The van der Waals surface area contributed by atoms with Gasteiger partial charge in [0.05, 0.1) is 16.1 Å². The minimum Gasteiger partial charge on any atom is -0.476 e. The number of carboxylic acid groups (broad SMARTS) is 1. The molecule has 0 amide bonds. The molecule has 0 atom stereocenters. The lowest BCUT2D eigenvalue weighted by molar-refractivity contribution is 0.0692. The van der Waals surface area contributed by atoms with E-state index in [4.69, 9.17) is 5.11 Å². The van der Waals surface area contributed by atoms with Crippen molar-refractivity contribution in [3.8, 4) is 10.6 Å². The molecule has 0 aliphatic rings. The lowest BCUT2D eigenvalue weighted by atomic mass is 10.3. The molecule has 0 aliphatic carbocycles. The predicted molar refractivity (Wildman–Crippen MR) is 48.9 cm³/mol. The molecule has 2 N–H and O–H groups in total. The molecule has 0 aliphatic heterocycles. The van der Waals surface area contributed by atoms with Crippen LogP contribution in [-0.4, -0.2) is 21.0 Å². The van der Waals surface area contributed by atoms with Gasteiger partial charge in [0.1, 0.15) is 0 Å². The van der Waals surface area contributed by atoms with Crippen LogP contribution >= 0.6 is 11.3 Å². The summed E-state index contributed by atoms with van der Waals surface area (Å²) in [6.45, 7) is 0. The van der Waals surface area contributed by atoms with E-state index in [1.807, 2.05) is 12.1 Å². The number of nitrogens with one attached hydrogen (secondary N) is 1. The smallest absolute Gasteiger partial charge is 0.356 e. The van der Waals surface area contributed by atoms with Gasteiger partial charge in [0, 0.05) is 6.20 Å². The Morgan fingerprint density at radius 1 is 1.62 bits per heavy atom. The van der Waals surface area contributed by atoms with Crippen LogP contribution in [0.25, 0.3) is 10.6 Å². The third-order valence-electron chi connectivity index (χ3n) is 1.61. The SMILES string of the molecule is O=C(O)c1ncsc1-c1ccc[nH]1. The van der Waals surface area contributed by atoms with Gasteiger partial charge < -0.3 is 10.1 Å². The number of aromatic nitrogens is 2. The zero-order valence-corrected chi connectivity index (χ0v) is 7.34. The first kappa shape index (κ1) is 8.00. The summed E-state index contributed by atoms with van der Waals surface area (Å²) < 4.78 is 0. The van der Waals surface area contributed by atoms with E-state index in [2.05, 4.69) is 9.97 Å². The summed E-state index contributed by atoms with van der Waals surface area (Å²) in [5.74, 6) is -0.995. The molecule has 0 aromatic carbocycles. The molecule has 13 heavy (non-hydrogen) atoms. The van der Waals surface area contributed by atoms with E-state index >= 15 is 0 Å². The first-order chi connectivity index (χ1) is 6.29. The van der Waals surface area contributed by atoms with Gasteiger partial charge in [0.2, 0.25) is 0 Å². The zero-order chi connectivity index (χ0) is 9.26. The number of H-pyrrole nitrogens is 1. The highest BCUT2D eigenvalue weighted by molar-refractivity contribution is 7.13. The van der Waals surface area contributed by atoms with E-state index in [0.717, 1.165) is 5.69 Å². The molecule has 2 aromatic heterocycles. The second-order valence-corrected chi connectivity index (χ2v) is 3.27. The van der Waals surface area contributed by atoms with Gasteiger partial charge in [-0.05, 0) is 12.1 Å². The topological polar surface area (TPSA) is 66.0 Å². The van der Waals surface area contributed by atoms with Gasteiger partial charge in [-0.2, -0.15) is 0 Å². The fourth-order valence-electron chi connectivity index (χ4n) is 1.06. The number of carboxylic acids is 1. The normalized spacial score (nSPS) is 10.2. The van der Waals surface area contributed by atoms with Crippen LogP contribution in [0.5, 0.6) is 0 Å². The Kier molecular flexibility index (Phi) is 1.86. The van der Waals surface area contributed by atoms with Gasteiger partial charge >= 0.3 is 5.97 Å². The van der Waals surface area contributed by atoms with E-state index in [-0.39, 0.29) is 5.69 Å². The van der Waals surface area contributed by atoms with Crippen molar-refractivity contribution in [3.05, 3.63) is 29.5 Å². The van der Waals surface area contributed by atoms with Crippen LogP contribution in [0.2, 0.25) is 0 Å². The van der Waals surface area contributed by atoms with Crippen molar-refractivity contribution >= 4 is 17.3 Å². The van der Waals surface area contributed by atoms with Crippen LogP contribution in [0.1, 0.15) is 10.5 Å². The Morgan fingerprint density at radius 2 is 2.46 bits per heavy atom. The van der Waals surface area contributed by atoms with Gasteiger partial charge in [-0.1, -0.05) is 0 Å².